The Balaban J connectivity index is 1.13. The maximum Gasteiger partial charge on any atom is 0.243 e. The minimum Gasteiger partial charge on any atom is -0.370 e. The lowest BCUT2D eigenvalue weighted by molar-refractivity contribution is -0.152. The van der Waals surface area contributed by atoms with Crippen LogP contribution in [0.25, 0.3) is 0 Å². The Bertz CT molecular complexity index is 5180. The summed E-state index contributed by atoms with van der Waals surface area (Å²) in [5.74, 6) is -8.09. The predicted octanol–water partition coefficient (Wildman–Crippen LogP) is 9.27. The summed E-state index contributed by atoms with van der Waals surface area (Å²) in [6.45, 7) is 9.14. The van der Waals surface area contributed by atoms with Crippen molar-refractivity contribution in [3.8, 4) is 0 Å². The van der Waals surface area contributed by atoms with Gasteiger partial charge >= 0.3 is 0 Å². The van der Waals surface area contributed by atoms with Gasteiger partial charge in [0.1, 0.15) is 45.8 Å². The highest BCUT2D eigenvalue weighted by Crippen LogP contribution is 2.32. The van der Waals surface area contributed by atoms with Crippen molar-refractivity contribution in [1.82, 2.24) is 69.8 Å². The van der Waals surface area contributed by atoms with E-state index in [1.54, 1.807) is 188 Å². The third-order valence-electron chi connectivity index (χ3n) is 25.4. The highest BCUT2D eigenvalue weighted by atomic mass is 16.2. The molecule has 0 unspecified atom stereocenters. The van der Waals surface area contributed by atoms with Crippen molar-refractivity contribution in [2.45, 2.75) is 155 Å². The molecular formula is C106H143N21O12. The molecule has 0 aliphatic heterocycles. The van der Waals surface area contributed by atoms with Crippen LogP contribution in [0, 0.1) is 10.8 Å². The van der Waals surface area contributed by atoms with Crippen LogP contribution in [0.1, 0.15) is 200 Å². The average Bonchev–Trinajstić information content (AvgIpc) is 0.811. The van der Waals surface area contributed by atoms with Gasteiger partial charge in [0.15, 0.2) is 11.9 Å². The second-order valence-electron chi connectivity index (χ2n) is 35.0. The zero-order chi connectivity index (χ0) is 101. The van der Waals surface area contributed by atoms with Crippen molar-refractivity contribution >= 4 is 82.8 Å². The highest BCUT2D eigenvalue weighted by molar-refractivity contribution is 5.96. The van der Waals surface area contributed by atoms with Crippen molar-refractivity contribution in [1.29, 1.82) is 10.8 Å². The molecule has 0 saturated carbocycles. The van der Waals surface area contributed by atoms with E-state index in [0.29, 0.717) is 97.0 Å². The molecule has 8 aromatic carbocycles. The average molecular weight is 1900 g/mol. The predicted molar refractivity (Wildman–Crippen MR) is 539 cm³/mol. The van der Waals surface area contributed by atoms with Crippen LogP contribution in [0.3, 0.4) is 0 Å². The summed E-state index contributed by atoms with van der Waals surface area (Å²) in [5.41, 5.74) is 34.5. The Labute approximate surface area is 818 Å². The van der Waals surface area contributed by atoms with Gasteiger partial charge in [-0.1, -0.05) is 243 Å². The monoisotopic (exact) mass is 1900 g/mol. The molecule has 0 heterocycles. The molecule has 0 aliphatic carbocycles. The van der Waals surface area contributed by atoms with Crippen LogP contribution in [0.4, 0.5) is 0 Å². The van der Waals surface area contributed by atoms with E-state index in [2.05, 4.69) is 16.0 Å². The number of benzene rings is 8. The molecule has 139 heavy (non-hydrogen) atoms. The smallest absolute Gasteiger partial charge is 0.243 e. The van der Waals surface area contributed by atoms with E-state index in [9.17, 15) is 14.4 Å². The van der Waals surface area contributed by atoms with Gasteiger partial charge in [-0.3, -0.25) is 68.4 Å². The normalized spacial score (nSPS) is 12.8. The molecule has 33 nitrogen and oxygen atoms in total. The molecule has 8 aromatic rings. The van der Waals surface area contributed by atoms with Crippen molar-refractivity contribution in [2.24, 2.45) is 28.7 Å². The molecule has 0 fully saturated rings. The Kier molecular flexibility index (Phi) is 45.8. The fraction of sp³-hybridized carbons (Fsp3) is 0.415. The van der Waals surface area contributed by atoms with Gasteiger partial charge in [-0.2, -0.15) is 0 Å². The first kappa shape index (κ1) is 110. The molecule has 15 N–H and O–H groups in total. The van der Waals surface area contributed by atoms with Crippen molar-refractivity contribution in [2.75, 3.05) is 131 Å². The summed E-state index contributed by atoms with van der Waals surface area (Å²) in [7, 11) is 0. The number of guanidine groups is 2. The van der Waals surface area contributed by atoms with Crippen molar-refractivity contribution < 1.29 is 57.5 Å². The number of hydrogen-bond acceptors (Lipinski definition) is 17. The summed E-state index contributed by atoms with van der Waals surface area (Å²) in [6, 6.07) is 66.1. The van der Waals surface area contributed by atoms with Crippen molar-refractivity contribution in [3.05, 3.63) is 287 Å². The zero-order valence-electron chi connectivity index (χ0n) is 81.7. The number of nitrogens with zero attached hydrogens (tertiary/aromatic N) is 11. The highest BCUT2D eigenvalue weighted by Gasteiger charge is 2.40. The first-order chi connectivity index (χ1) is 66.8. The van der Waals surface area contributed by atoms with Gasteiger partial charge in [0.25, 0.3) is 0 Å². The number of rotatable bonds is 58. The molecule has 12 amide bonds. The summed E-state index contributed by atoms with van der Waals surface area (Å²) in [5, 5.41) is 24.2. The molecule has 0 aliphatic rings. The standard InChI is InChI=1S/C106H143N21O12/c1-77(85-41-17-9-18-42-85)120(66-93(109)128)101(136)74-125(82(6)90-51-27-14-28-52-90)98(133)67-117(62-38-33-57-107)96(131)71-123(80(4)88-47-23-12-24-48-88)103(138)76-127(84(8)92-55-31-16-32-56-92)100(135)69-119(64-40-37-61-116-106(112)113)97(132)72-124(81(5)89-49-25-13-26-50-89)104(139)75-126(83(7)91-53-29-15-30-54-91)99(134)68-118(63-39-34-58-108)95(130)70-122(79(3)87-45-21-11-22-46-87)102(137)73-121(78(2)86-43-19-10-20-44-86)94(129)65-114-59-35-36-60-115-105(110)111/h9-32,41-56,77-84,114H,33-40,57-76,107-108H2,1-8H3,(H2,109,128)(H4,110,111,115)(H4,112,113,116)/t77-,78-,79-,80-,81-,82-,83-,84-/m0/s1. The van der Waals surface area contributed by atoms with Gasteiger partial charge in [-0.25, -0.2) is 0 Å². The Morgan fingerprint density at radius 3 is 0.626 bits per heavy atom. The lowest BCUT2D eigenvalue weighted by Gasteiger charge is -2.38. The van der Waals surface area contributed by atoms with Crippen LogP contribution >= 0.6 is 0 Å². The van der Waals surface area contributed by atoms with E-state index >= 15 is 43.2 Å². The van der Waals surface area contributed by atoms with Gasteiger partial charge in [0, 0.05) is 32.7 Å². The van der Waals surface area contributed by atoms with E-state index in [1.165, 1.54) is 53.9 Å². The van der Waals surface area contributed by atoms with Crippen LogP contribution < -0.4 is 44.6 Å². The lowest BCUT2D eigenvalue weighted by Crippen LogP contribution is -2.54. The van der Waals surface area contributed by atoms with Gasteiger partial charge in [0.2, 0.25) is 70.9 Å². The molecule has 33 heteroatoms. The number of primary amides is 1. The van der Waals surface area contributed by atoms with E-state index in [4.69, 9.17) is 39.5 Å². The van der Waals surface area contributed by atoms with Gasteiger partial charge in [0.05, 0.1) is 81.1 Å². The maximum atomic E-state index is 16.2. The minimum absolute atomic E-state index is 0.000789. The van der Waals surface area contributed by atoms with Gasteiger partial charge in [-0.05, 0) is 171 Å². The third kappa shape index (κ3) is 34.8. The molecule has 0 aromatic heterocycles. The Hall–Kier alpha value is -14.2. The topological polar surface area (TPSA) is 454 Å². The number of carbonyl (C=O) groups is 12. The summed E-state index contributed by atoms with van der Waals surface area (Å²) >= 11 is 0. The Morgan fingerprint density at radius 2 is 0.417 bits per heavy atom. The van der Waals surface area contributed by atoms with E-state index in [1.807, 2.05) is 110 Å². The molecule has 0 radical (unpaired) electrons. The fourth-order valence-electron chi connectivity index (χ4n) is 16.7. The lowest BCUT2D eigenvalue weighted by atomic mass is 10.0. The number of hydrogen-bond donors (Lipinski definition) is 10. The molecule has 0 spiro atoms. The SMILES string of the molecule is C[C@@H](c1ccccc1)N(CC(N)=O)C(=O)CN(C(=O)CN(CCCCN)C(=O)CN(C(=O)CN(C(=O)CN(CCCCNC(=N)N)C(=O)CN(C(=O)CN(C(=O)CN(CCCCN)C(=O)CN(C(=O)CN(C(=O)CNCCCCNC(=N)N)[C@@H](C)c1ccccc1)[C@@H](C)c1ccccc1)[C@@H](C)c1ccccc1)[C@@H](C)c1ccccc1)[C@@H](C)c1ccccc1)[C@@H](C)c1ccccc1)[C@@H](C)c1ccccc1. The molecular weight excluding hydrogens is 1760 g/mol. The summed E-state index contributed by atoms with van der Waals surface area (Å²) in [4.78, 5) is 200. The summed E-state index contributed by atoms with van der Waals surface area (Å²) in [6.07, 6.45) is 3.46. The number of unbranched alkanes of at least 4 members (excludes halogenated alkanes) is 4. The first-order valence-electron chi connectivity index (χ1n) is 48.0. The maximum absolute atomic E-state index is 16.2. The van der Waals surface area contributed by atoms with Crippen LogP contribution in [0.15, 0.2) is 243 Å². The second-order valence-corrected chi connectivity index (χ2v) is 35.0. The van der Waals surface area contributed by atoms with E-state index in [0.717, 1.165) is 5.56 Å². The van der Waals surface area contributed by atoms with Gasteiger partial charge in [-0.15, -0.1) is 0 Å². The molecule has 744 valence electrons. The van der Waals surface area contributed by atoms with Crippen LogP contribution in [0.5, 0.6) is 0 Å². The number of amides is 12. The number of nitrogens with two attached hydrogens (primary N) is 5. The first-order valence-corrected chi connectivity index (χ1v) is 48.0. The fourth-order valence-corrected chi connectivity index (χ4v) is 16.7. The van der Waals surface area contributed by atoms with Crippen LogP contribution in [0.2, 0.25) is 0 Å². The third-order valence-corrected chi connectivity index (χ3v) is 25.4. The van der Waals surface area contributed by atoms with E-state index in [-0.39, 0.29) is 70.1 Å². The van der Waals surface area contributed by atoms with Crippen LogP contribution in [-0.4, -0.2) is 268 Å². The van der Waals surface area contributed by atoms with Crippen LogP contribution in [-0.2, 0) is 57.5 Å². The number of carbonyl (C=O) groups excluding carboxylic acids is 12. The molecule has 8 atom stereocenters. The largest absolute Gasteiger partial charge is 0.370 e. The summed E-state index contributed by atoms with van der Waals surface area (Å²) < 4.78 is 0. The zero-order valence-corrected chi connectivity index (χ0v) is 81.7. The second kappa shape index (κ2) is 57.8. The molecule has 0 bridgehead atoms. The molecule has 0 saturated heterocycles. The minimum atomic E-state index is -0.892. The quantitative estimate of drug-likeness (QED) is 0.00963. The van der Waals surface area contributed by atoms with E-state index < -0.39 is 185 Å². The molecule has 8 rings (SSSR count). The van der Waals surface area contributed by atoms with Crippen molar-refractivity contribution in [3.63, 3.8) is 0 Å². The Morgan fingerprint density at radius 1 is 0.237 bits per heavy atom. The number of nitrogens with one attached hydrogen (secondary N) is 5. The van der Waals surface area contributed by atoms with Gasteiger partial charge < -0.3 is 98.5 Å².